The highest BCUT2D eigenvalue weighted by molar-refractivity contribution is 5.06. The minimum Gasteiger partial charge on any atom is -0.465 e. The summed E-state index contributed by atoms with van der Waals surface area (Å²) in [5.41, 5.74) is 0. The molecule has 0 amide bonds. The lowest BCUT2D eigenvalue weighted by molar-refractivity contribution is -0.0132. The van der Waals surface area contributed by atoms with Crippen molar-refractivity contribution in [1.82, 2.24) is 20.1 Å². The predicted octanol–water partition coefficient (Wildman–Crippen LogP) is 2.37. The van der Waals surface area contributed by atoms with E-state index in [1.165, 1.54) is 6.42 Å². The number of hydrogen-bond donors (Lipinski definition) is 1. The molecule has 2 aromatic heterocycles. The zero-order valence-electron chi connectivity index (χ0n) is 13.1. The molecule has 0 aliphatic carbocycles. The maximum atomic E-state index is 6.22. The van der Waals surface area contributed by atoms with Gasteiger partial charge in [0.1, 0.15) is 23.4 Å². The Morgan fingerprint density at radius 3 is 3.00 bits per heavy atom. The maximum Gasteiger partial charge on any atom is 0.179 e. The van der Waals surface area contributed by atoms with Gasteiger partial charge in [-0.15, -0.1) is 0 Å². The summed E-state index contributed by atoms with van der Waals surface area (Å²) >= 11 is 0. The number of piperidine rings is 1. The van der Waals surface area contributed by atoms with Crippen LogP contribution in [-0.2, 0) is 11.3 Å². The van der Waals surface area contributed by atoms with Gasteiger partial charge in [0.15, 0.2) is 5.82 Å². The number of aryl methyl sites for hydroxylation is 2. The first-order chi connectivity index (χ1) is 10.7. The van der Waals surface area contributed by atoms with E-state index in [2.05, 4.69) is 26.1 Å². The highest BCUT2D eigenvalue weighted by Crippen LogP contribution is 2.40. The topological polar surface area (TPSA) is 67.2 Å². The summed E-state index contributed by atoms with van der Waals surface area (Å²) in [6, 6.07) is 4.09. The molecule has 0 bridgehead atoms. The number of aromatic nitrogens is 3. The monoisotopic (exact) mass is 302 g/mol. The molecular formula is C16H22N4O2. The maximum absolute atomic E-state index is 6.22. The number of nitrogens with one attached hydrogen (secondary N) is 1. The molecule has 0 aromatic carbocycles. The van der Waals surface area contributed by atoms with Gasteiger partial charge < -0.3 is 9.15 Å². The molecule has 0 spiro atoms. The first-order valence-corrected chi connectivity index (χ1v) is 7.99. The molecule has 0 radical (unpaired) electrons. The van der Waals surface area contributed by atoms with Gasteiger partial charge in [0.05, 0.1) is 12.6 Å². The Kier molecular flexibility index (Phi) is 3.50. The van der Waals surface area contributed by atoms with Crippen molar-refractivity contribution in [2.75, 3.05) is 13.1 Å². The van der Waals surface area contributed by atoms with Crippen LogP contribution in [0.3, 0.4) is 0 Å². The fourth-order valence-electron chi connectivity index (χ4n) is 3.60. The zero-order valence-corrected chi connectivity index (χ0v) is 13.1. The van der Waals surface area contributed by atoms with Crippen molar-refractivity contribution < 1.29 is 9.15 Å². The summed E-state index contributed by atoms with van der Waals surface area (Å²) in [6.07, 6.45) is 2.54. The summed E-state index contributed by atoms with van der Waals surface area (Å²) in [4.78, 5) is 6.84. The van der Waals surface area contributed by atoms with E-state index in [-0.39, 0.29) is 12.2 Å². The van der Waals surface area contributed by atoms with Crippen molar-refractivity contribution >= 4 is 0 Å². The van der Waals surface area contributed by atoms with E-state index in [4.69, 9.17) is 9.15 Å². The highest BCUT2D eigenvalue weighted by Gasteiger charge is 2.41. The molecule has 1 N–H and O–H groups in total. The van der Waals surface area contributed by atoms with Crippen molar-refractivity contribution in [2.24, 2.45) is 5.92 Å². The molecule has 2 aliphatic rings. The Balaban J connectivity index is 1.39. The van der Waals surface area contributed by atoms with E-state index in [9.17, 15) is 0 Å². The summed E-state index contributed by atoms with van der Waals surface area (Å²) in [5.74, 6) is 4.29. The van der Waals surface area contributed by atoms with Gasteiger partial charge in [0.2, 0.25) is 0 Å². The minimum atomic E-state index is 0.0470. The van der Waals surface area contributed by atoms with Crippen LogP contribution in [-0.4, -0.2) is 39.3 Å². The molecular weight excluding hydrogens is 280 g/mol. The Hall–Kier alpha value is -1.66. The van der Waals surface area contributed by atoms with Crippen molar-refractivity contribution in [1.29, 1.82) is 0 Å². The van der Waals surface area contributed by atoms with Crippen LogP contribution in [0.5, 0.6) is 0 Å². The molecule has 3 atom stereocenters. The van der Waals surface area contributed by atoms with Crippen LogP contribution in [0.2, 0.25) is 0 Å². The number of ether oxygens (including phenoxy) is 1. The van der Waals surface area contributed by atoms with Gasteiger partial charge >= 0.3 is 0 Å². The van der Waals surface area contributed by atoms with Gasteiger partial charge in [-0.2, -0.15) is 5.10 Å². The third-order valence-corrected chi connectivity index (χ3v) is 4.71. The normalized spacial score (nSPS) is 28.9. The van der Waals surface area contributed by atoms with Crippen LogP contribution in [0.1, 0.15) is 42.1 Å². The van der Waals surface area contributed by atoms with Crippen molar-refractivity contribution in [3.63, 3.8) is 0 Å². The van der Waals surface area contributed by atoms with Crippen molar-refractivity contribution in [3.8, 4) is 0 Å². The largest absolute Gasteiger partial charge is 0.465 e. The van der Waals surface area contributed by atoms with Crippen LogP contribution < -0.4 is 0 Å². The highest BCUT2D eigenvalue weighted by atomic mass is 16.5. The average molecular weight is 302 g/mol. The second kappa shape index (κ2) is 5.52. The summed E-state index contributed by atoms with van der Waals surface area (Å²) in [7, 11) is 0. The number of aromatic amines is 1. The van der Waals surface area contributed by atoms with E-state index >= 15 is 0 Å². The Labute approximate surface area is 129 Å². The SMILES string of the molecule is Cc1nc([C@@H]2C[C@H]3CCN(Cc4ccc(C)o4)C[C@@H]3O2)n[nH]1. The van der Waals surface area contributed by atoms with Crippen LogP contribution >= 0.6 is 0 Å². The lowest BCUT2D eigenvalue weighted by Gasteiger charge is -2.33. The standard InChI is InChI=1S/C16H22N4O2/c1-10-3-4-13(21-10)8-20-6-5-12-7-14(22-15(12)9-20)16-17-11(2)18-19-16/h3-4,12,14-15H,5-9H2,1-2H3,(H,17,18,19)/t12-,14+,15+/m1/s1. The first-order valence-electron chi connectivity index (χ1n) is 7.99. The second-order valence-electron chi connectivity index (χ2n) is 6.47. The van der Waals surface area contributed by atoms with Crippen LogP contribution in [0.4, 0.5) is 0 Å². The number of H-pyrrole nitrogens is 1. The van der Waals surface area contributed by atoms with E-state index in [1.54, 1.807) is 0 Å². The summed E-state index contributed by atoms with van der Waals surface area (Å²) in [5, 5.41) is 7.16. The van der Waals surface area contributed by atoms with Gasteiger partial charge in [0, 0.05) is 6.54 Å². The van der Waals surface area contributed by atoms with E-state index in [0.29, 0.717) is 5.92 Å². The fraction of sp³-hybridized carbons (Fsp3) is 0.625. The minimum absolute atomic E-state index is 0.0470. The van der Waals surface area contributed by atoms with Gasteiger partial charge in [-0.3, -0.25) is 10.00 Å². The molecule has 2 aliphatic heterocycles. The summed E-state index contributed by atoms with van der Waals surface area (Å²) < 4.78 is 11.9. The van der Waals surface area contributed by atoms with E-state index in [0.717, 1.165) is 49.2 Å². The van der Waals surface area contributed by atoms with E-state index < -0.39 is 0 Å². The molecule has 0 saturated carbocycles. The van der Waals surface area contributed by atoms with Crippen LogP contribution in [0.15, 0.2) is 16.5 Å². The van der Waals surface area contributed by atoms with Crippen LogP contribution in [0, 0.1) is 19.8 Å². The molecule has 4 rings (SSSR count). The third-order valence-electron chi connectivity index (χ3n) is 4.71. The Morgan fingerprint density at radius 2 is 2.27 bits per heavy atom. The van der Waals surface area contributed by atoms with E-state index in [1.807, 2.05) is 19.9 Å². The third kappa shape index (κ3) is 2.68. The molecule has 2 aromatic rings. The Bertz CT molecular complexity index is 650. The molecule has 22 heavy (non-hydrogen) atoms. The Morgan fingerprint density at radius 1 is 1.36 bits per heavy atom. The number of rotatable bonds is 3. The number of nitrogens with zero attached hydrogens (tertiary/aromatic N) is 3. The predicted molar refractivity (Wildman–Crippen MR) is 80.2 cm³/mol. The zero-order chi connectivity index (χ0) is 15.1. The quantitative estimate of drug-likeness (QED) is 0.943. The molecule has 6 nitrogen and oxygen atoms in total. The molecule has 2 fully saturated rings. The van der Waals surface area contributed by atoms with Gasteiger partial charge in [-0.05, 0) is 51.3 Å². The first kappa shape index (κ1) is 14.0. The van der Waals surface area contributed by atoms with Crippen LogP contribution in [0.25, 0.3) is 0 Å². The van der Waals surface area contributed by atoms with Gasteiger partial charge in [0.25, 0.3) is 0 Å². The second-order valence-corrected chi connectivity index (χ2v) is 6.47. The molecule has 0 unspecified atom stereocenters. The molecule has 4 heterocycles. The number of furan rings is 1. The molecule has 118 valence electrons. The molecule has 6 heteroatoms. The average Bonchev–Trinajstić information content (AvgIpc) is 3.18. The van der Waals surface area contributed by atoms with Crippen molar-refractivity contribution in [2.45, 2.75) is 45.4 Å². The number of likely N-dealkylation sites (tertiary alicyclic amines) is 1. The van der Waals surface area contributed by atoms with Gasteiger partial charge in [-0.25, -0.2) is 4.98 Å². The number of fused-ring (bicyclic) bond motifs is 1. The number of hydrogen-bond acceptors (Lipinski definition) is 5. The lowest BCUT2D eigenvalue weighted by Crippen LogP contribution is -2.41. The lowest BCUT2D eigenvalue weighted by atomic mass is 9.91. The smallest absolute Gasteiger partial charge is 0.179 e. The summed E-state index contributed by atoms with van der Waals surface area (Å²) in [6.45, 7) is 6.84. The molecule has 2 saturated heterocycles. The van der Waals surface area contributed by atoms with Gasteiger partial charge in [-0.1, -0.05) is 0 Å². The van der Waals surface area contributed by atoms with Crippen molar-refractivity contribution in [3.05, 3.63) is 35.3 Å². The fourth-order valence-corrected chi connectivity index (χ4v) is 3.60.